The third-order valence-corrected chi connectivity index (χ3v) is 5.88. The van der Waals surface area contributed by atoms with Crippen molar-refractivity contribution in [2.45, 2.75) is 64.0 Å². The molecule has 0 heterocycles. The topological polar surface area (TPSA) is 69.6 Å². The van der Waals surface area contributed by atoms with Gasteiger partial charge < -0.3 is 10.4 Å². The molecule has 26 heavy (non-hydrogen) atoms. The normalized spacial score (nSPS) is 22.8. The predicted octanol–water partition coefficient (Wildman–Crippen LogP) is 2.72. The Balaban J connectivity index is 1.55. The summed E-state index contributed by atoms with van der Waals surface area (Å²) >= 11 is 0. The zero-order chi connectivity index (χ0) is 18.9. The van der Waals surface area contributed by atoms with E-state index in [-0.39, 0.29) is 24.5 Å². The van der Waals surface area contributed by atoms with Crippen molar-refractivity contribution in [3.63, 3.8) is 0 Å². The monoisotopic (exact) mass is 358 g/mol. The molecule has 0 atom stereocenters. The fourth-order valence-corrected chi connectivity index (χ4v) is 3.91. The van der Waals surface area contributed by atoms with Crippen molar-refractivity contribution in [3.8, 4) is 0 Å². The molecule has 0 aliphatic heterocycles. The molecule has 2 saturated carbocycles. The highest BCUT2D eigenvalue weighted by Crippen LogP contribution is 2.34. The molecule has 0 bridgehead atoms. The standard InChI is InChI=1S/C21H30N2O3/c1-14-6-4-5-7-18(14)21(2,3)20(26)22-16-10-17(11-16)23(13-19(24)25)12-15-8-9-15/h4-7,15-17H,8-13H2,1-3H3,(H,22,26)(H,24,25). The van der Waals surface area contributed by atoms with Gasteiger partial charge in [0.05, 0.1) is 12.0 Å². The minimum Gasteiger partial charge on any atom is -0.480 e. The van der Waals surface area contributed by atoms with Gasteiger partial charge in [-0.2, -0.15) is 0 Å². The average Bonchev–Trinajstić information content (AvgIpc) is 3.33. The molecular formula is C21H30N2O3. The lowest BCUT2D eigenvalue weighted by molar-refractivity contribution is -0.140. The smallest absolute Gasteiger partial charge is 0.317 e. The molecule has 2 N–H and O–H groups in total. The Morgan fingerprint density at radius 2 is 1.88 bits per heavy atom. The van der Waals surface area contributed by atoms with Gasteiger partial charge in [-0.15, -0.1) is 0 Å². The molecule has 1 amide bonds. The quantitative estimate of drug-likeness (QED) is 0.750. The van der Waals surface area contributed by atoms with Gasteiger partial charge in [0.2, 0.25) is 5.91 Å². The SMILES string of the molecule is Cc1ccccc1C(C)(C)C(=O)NC1CC(N(CC(=O)O)CC2CC2)C1. The first-order valence-corrected chi connectivity index (χ1v) is 9.60. The lowest BCUT2D eigenvalue weighted by Gasteiger charge is -2.43. The largest absolute Gasteiger partial charge is 0.480 e. The highest BCUT2D eigenvalue weighted by Gasteiger charge is 2.40. The van der Waals surface area contributed by atoms with E-state index < -0.39 is 11.4 Å². The highest BCUT2D eigenvalue weighted by molar-refractivity contribution is 5.88. The van der Waals surface area contributed by atoms with E-state index in [0.717, 1.165) is 30.5 Å². The molecule has 142 valence electrons. The van der Waals surface area contributed by atoms with E-state index in [2.05, 4.69) is 10.2 Å². The van der Waals surface area contributed by atoms with E-state index in [9.17, 15) is 9.59 Å². The summed E-state index contributed by atoms with van der Waals surface area (Å²) < 4.78 is 0. The number of amides is 1. The summed E-state index contributed by atoms with van der Waals surface area (Å²) in [6, 6.07) is 8.43. The lowest BCUT2D eigenvalue weighted by Crippen LogP contribution is -2.57. The minimum absolute atomic E-state index is 0.0437. The Hall–Kier alpha value is -1.88. The van der Waals surface area contributed by atoms with Crippen molar-refractivity contribution in [3.05, 3.63) is 35.4 Å². The van der Waals surface area contributed by atoms with Crippen LogP contribution in [0.3, 0.4) is 0 Å². The summed E-state index contributed by atoms with van der Waals surface area (Å²) in [6.07, 6.45) is 4.12. The molecule has 0 unspecified atom stereocenters. The molecule has 1 aromatic carbocycles. The Morgan fingerprint density at radius 3 is 2.46 bits per heavy atom. The second kappa shape index (κ2) is 7.39. The summed E-state index contributed by atoms with van der Waals surface area (Å²) in [7, 11) is 0. The number of carboxylic acid groups (broad SMARTS) is 1. The molecule has 2 aliphatic carbocycles. The van der Waals surface area contributed by atoms with Crippen LogP contribution >= 0.6 is 0 Å². The maximum absolute atomic E-state index is 12.8. The third kappa shape index (κ3) is 4.26. The second-order valence-electron chi connectivity index (χ2n) is 8.50. The number of carbonyl (C=O) groups is 2. The molecule has 0 saturated heterocycles. The Labute approximate surface area is 155 Å². The van der Waals surface area contributed by atoms with Crippen LogP contribution in [0.15, 0.2) is 24.3 Å². The van der Waals surface area contributed by atoms with Crippen LogP contribution in [0.1, 0.15) is 50.7 Å². The zero-order valence-corrected chi connectivity index (χ0v) is 16.0. The molecule has 0 spiro atoms. The van der Waals surface area contributed by atoms with Crippen LogP contribution in [-0.4, -0.2) is 47.1 Å². The molecule has 0 aromatic heterocycles. The van der Waals surface area contributed by atoms with Crippen LogP contribution in [0.25, 0.3) is 0 Å². The number of carboxylic acids is 1. The summed E-state index contributed by atoms with van der Waals surface area (Å²) in [4.78, 5) is 26.1. The number of aliphatic carboxylic acids is 1. The van der Waals surface area contributed by atoms with Crippen molar-refractivity contribution >= 4 is 11.9 Å². The maximum Gasteiger partial charge on any atom is 0.317 e. The molecule has 5 nitrogen and oxygen atoms in total. The van der Waals surface area contributed by atoms with Gasteiger partial charge in [0.15, 0.2) is 0 Å². The van der Waals surface area contributed by atoms with Crippen LogP contribution in [0.5, 0.6) is 0 Å². The van der Waals surface area contributed by atoms with Gasteiger partial charge in [-0.3, -0.25) is 14.5 Å². The molecule has 1 aromatic rings. The van der Waals surface area contributed by atoms with Crippen LogP contribution in [0.4, 0.5) is 0 Å². The number of carbonyl (C=O) groups excluding carboxylic acids is 1. The zero-order valence-electron chi connectivity index (χ0n) is 16.0. The first kappa shape index (κ1) is 18.9. The first-order chi connectivity index (χ1) is 12.3. The van der Waals surface area contributed by atoms with Gasteiger partial charge in [-0.05, 0) is 63.5 Å². The van der Waals surface area contributed by atoms with Crippen molar-refractivity contribution in [2.24, 2.45) is 5.92 Å². The van der Waals surface area contributed by atoms with Crippen molar-refractivity contribution in [1.82, 2.24) is 10.2 Å². The van der Waals surface area contributed by atoms with E-state index >= 15 is 0 Å². The lowest BCUT2D eigenvalue weighted by atomic mass is 9.79. The number of nitrogens with one attached hydrogen (secondary N) is 1. The van der Waals surface area contributed by atoms with E-state index in [1.54, 1.807) is 0 Å². The average molecular weight is 358 g/mol. The van der Waals surface area contributed by atoms with Crippen molar-refractivity contribution in [1.29, 1.82) is 0 Å². The van der Waals surface area contributed by atoms with E-state index in [1.807, 2.05) is 45.0 Å². The van der Waals surface area contributed by atoms with Gasteiger partial charge in [0.1, 0.15) is 0 Å². The van der Waals surface area contributed by atoms with E-state index in [0.29, 0.717) is 5.92 Å². The van der Waals surface area contributed by atoms with E-state index in [4.69, 9.17) is 5.11 Å². The molecule has 0 radical (unpaired) electrons. The summed E-state index contributed by atoms with van der Waals surface area (Å²) in [5.41, 5.74) is 1.59. The fourth-order valence-electron chi connectivity index (χ4n) is 3.91. The van der Waals surface area contributed by atoms with Gasteiger partial charge in [-0.1, -0.05) is 24.3 Å². The Bertz CT molecular complexity index is 676. The van der Waals surface area contributed by atoms with Crippen LogP contribution in [0, 0.1) is 12.8 Å². The second-order valence-corrected chi connectivity index (χ2v) is 8.50. The van der Waals surface area contributed by atoms with Gasteiger partial charge in [0, 0.05) is 18.6 Å². The first-order valence-electron chi connectivity index (χ1n) is 9.60. The van der Waals surface area contributed by atoms with Crippen LogP contribution < -0.4 is 5.32 Å². The summed E-state index contributed by atoms with van der Waals surface area (Å²) in [5.74, 6) is -0.0518. The predicted molar refractivity (Wildman–Crippen MR) is 101 cm³/mol. The maximum atomic E-state index is 12.8. The minimum atomic E-state index is -0.765. The van der Waals surface area contributed by atoms with Gasteiger partial charge >= 0.3 is 5.97 Å². The molecule has 2 aliphatic rings. The van der Waals surface area contributed by atoms with Crippen molar-refractivity contribution in [2.75, 3.05) is 13.1 Å². The van der Waals surface area contributed by atoms with Gasteiger partial charge in [-0.25, -0.2) is 0 Å². The number of rotatable bonds is 8. The Morgan fingerprint density at radius 1 is 1.23 bits per heavy atom. The fraction of sp³-hybridized carbons (Fsp3) is 0.619. The van der Waals surface area contributed by atoms with E-state index in [1.165, 1.54) is 12.8 Å². The molecular weight excluding hydrogens is 328 g/mol. The highest BCUT2D eigenvalue weighted by atomic mass is 16.4. The van der Waals surface area contributed by atoms with Crippen molar-refractivity contribution < 1.29 is 14.7 Å². The number of aryl methyl sites for hydroxylation is 1. The third-order valence-electron chi connectivity index (χ3n) is 5.88. The van der Waals surface area contributed by atoms with Gasteiger partial charge in [0.25, 0.3) is 0 Å². The number of benzene rings is 1. The summed E-state index contributed by atoms with van der Waals surface area (Å²) in [6.45, 7) is 6.95. The number of nitrogens with zero attached hydrogens (tertiary/aromatic N) is 1. The van der Waals surface area contributed by atoms with Crippen LogP contribution in [-0.2, 0) is 15.0 Å². The molecule has 2 fully saturated rings. The molecule has 5 heteroatoms. The summed E-state index contributed by atoms with van der Waals surface area (Å²) in [5, 5.41) is 12.3. The molecule has 3 rings (SSSR count). The van der Waals surface area contributed by atoms with Crippen LogP contribution in [0.2, 0.25) is 0 Å². The number of hydrogen-bond donors (Lipinski definition) is 2. The number of hydrogen-bond acceptors (Lipinski definition) is 3. The Kier molecular flexibility index (Phi) is 5.37.